The fourth-order valence-corrected chi connectivity index (χ4v) is 9.04. The van der Waals surface area contributed by atoms with E-state index >= 15 is 0 Å². The molecule has 0 aromatic heterocycles. The van der Waals surface area contributed by atoms with Gasteiger partial charge in [0.15, 0.2) is 6.10 Å². The Balaban J connectivity index is 4.29. The van der Waals surface area contributed by atoms with Crippen LogP contribution in [0.2, 0.25) is 0 Å². The van der Waals surface area contributed by atoms with Gasteiger partial charge in [-0.2, -0.15) is 0 Å². The minimum atomic E-state index is -0.773. The molecule has 0 aromatic rings. The van der Waals surface area contributed by atoms with Crippen LogP contribution in [0.3, 0.4) is 0 Å². The average Bonchev–Trinajstić information content (AvgIpc) is 3.35. The highest BCUT2D eigenvalue weighted by molar-refractivity contribution is 5.71. The van der Waals surface area contributed by atoms with Crippen LogP contribution in [0.25, 0.3) is 0 Å². The van der Waals surface area contributed by atoms with Crippen molar-refractivity contribution in [3.8, 4) is 0 Å². The summed E-state index contributed by atoms with van der Waals surface area (Å²) >= 11 is 0. The molecule has 0 radical (unpaired) electrons. The monoisotopic (exact) mass is 969 g/mol. The van der Waals surface area contributed by atoms with Crippen molar-refractivity contribution in [2.24, 2.45) is 0 Å². The summed E-state index contributed by atoms with van der Waals surface area (Å²) in [4.78, 5) is 38.2. The van der Waals surface area contributed by atoms with Gasteiger partial charge in [0, 0.05) is 19.3 Å². The number of ether oxygens (including phenoxy) is 3. The molecule has 0 heterocycles. The van der Waals surface area contributed by atoms with Crippen LogP contribution in [0.5, 0.6) is 0 Å². The Kier molecular flexibility index (Phi) is 56.2. The summed E-state index contributed by atoms with van der Waals surface area (Å²) < 4.78 is 16.9. The second-order valence-electron chi connectivity index (χ2n) is 20.6. The third kappa shape index (κ3) is 56.4. The number of esters is 3. The second-order valence-corrected chi connectivity index (χ2v) is 20.6. The van der Waals surface area contributed by atoms with Gasteiger partial charge in [-0.1, -0.05) is 288 Å². The van der Waals surface area contributed by atoms with E-state index in [2.05, 4.69) is 57.2 Å². The predicted molar refractivity (Wildman–Crippen MR) is 298 cm³/mol. The number of hydrogen-bond donors (Lipinski definition) is 0. The smallest absolute Gasteiger partial charge is 0.306 e. The zero-order valence-corrected chi connectivity index (χ0v) is 46.3. The maximum Gasteiger partial charge on any atom is 0.306 e. The number of carbonyl (C=O) groups excluding carboxylic acids is 3. The first-order valence-electron chi connectivity index (χ1n) is 30.5. The van der Waals surface area contributed by atoms with Crippen LogP contribution >= 0.6 is 0 Å². The van der Waals surface area contributed by atoms with E-state index in [0.29, 0.717) is 19.3 Å². The van der Waals surface area contributed by atoms with Crippen LogP contribution in [0.4, 0.5) is 0 Å². The Morgan fingerprint density at radius 1 is 0.290 bits per heavy atom. The molecule has 0 saturated carbocycles. The van der Waals surface area contributed by atoms with Crippen molar-refractivity contribution in [1.82, 2.24) is 0 Å². The second kappa shape index (κ2) is 58.2. The van der Waals surface area contributed by atoms with Crippen molar-refractivity contribution in [2.45, 2.75) is 335 Å². The van der Waals surface area contributed by atoms with Gasteiger partial charge in [0.1, 0.15) is 13.2 Å². The van der Waals surface area contributed by atoms with Crippen molar-refractivity contribution < 1.29 is 28.6 Å². The standard InChI is InChI=1S/C63H116O6/c1-4-7-10-13-16-19-22-24-26-28-30-31-33-34-36-38-41-44-47-50-53-56-62(65)68-59-60(58-67-61(64)55-52-49-46-43-40-21-18-15-12-9-6-3)69-63(66)57-54-51-48-45-42-39-37-35-32-29-27-25-23-20-17-14-11-8-5-2/h22,24,28,30,33-34,60H,4-21,23,25-27,29,31-32,35-59H2,1-3H3/b24-22-,30-28-,34-33-. The molecule has 1 unspecified atom stereocenters. The summed E-state index contributed by atoms with van der Waals surface area (Å²) in [6, 6.07) is 0. The summed E-state index contributed by atoms with van der Waals surface area (Å²) in [5, 5.41) is 0. The Morgan fingerprint density at radius 2 is 0.522 bits per heavy atom. The largest absolute Gasteiger partial charge is 0.462 e. The highest BCUT2D eigenvalue weighted by atomic mass is 16.6. The first-order chi connectivity index (χ1) is 34.0. The molecule has 6 nitrogen and oxygen atoms in total. The lowest BCUT2D eigenvalue weighted by Crippen LogP contribution is -2.30. The molecule has 0 fully saturated rings. The normalized spacial score (nSPS) is 12.2. The van der Waals surface area contributed by atoms with Gasteiger partial charge in [0.2, 0.25) is 0 Å². The first kappa shape index (κ1) is 66.6. The SMILES string of the molecule is CCCCCCC/C=C\C/C=C\C/C=C\CCCCCCCCC(=O)OCC(COC(=O)CCCCCCCCCCCCC)OC(=O)CCCCCCCCCCCCCCCCCCCCC. The van der Waals surface area contributed by atoms with Crippen LogP contribution in [0.1, 0.15) is 329 Å². The van der Waals surface area contributed by atoms with E-state index in [-0.39, 0.29) is 31.1 Å². The van der Waals surface area contributed by atoms with Gasteiger partial charge in [-0.25, -0.2) is 0 Å². The number of allylic oxidation sites excluding steroid dienone is 6. The molecular weight excluding hydrogens is 853 g/mol. The number of unbranched alkanes of at least 4 members (excludes halogenated alkanes) is 39. The number of rotatable bonds is 56. The summed E-state index contributed by atoms with van der Waals surface area (Å²) in [5.41, 5.74) is 0. The summed E-state index contributed by atoms with van der Waals surface area (Å²) in [6.45, 7) is 6.66. The third-order valence-corrected chi connectivity index (χ3v) is 13.6. The molecule has 1 atom stereocenters. The zero-order chi connectivity index (χ0) is 50.0. The lowest BCUT2D eigenvalue weighted by Gasteiger charge is -2.18. The zero-order valence-electron chi connectivity index (χ0n) is 46.3. The molecule has 0 spiro atoms. The van der Waals surface area contributed by atoms with Gasteiger partial charge < -0.3 is 14.2 Å². The van der Waals surface area contributed by atoms with E-state index in [1.54, 1.807) is 0 Å². The fourth-order valence-electron chi connectivity index (χ4n) is 9.04. The maximum absolute atomic E-state index is 12.9. The van der Waals surface area contributed by atoms with Gasteiger partial charge in [0.05, 0.1) is 0 Å². The minimum Gasteiger partial charge on any atom is -0.462 e. The van der Waals surface area contributed by atoms with Crippen molar-refractivity contribution in [3.63, 3.8) is 0 Å². The molecule has 0 saturated heterocycles. The molecule has 0 aliphatic carbocycles. The molecule has 0 N–H and O–H groups in total. The Labute approximate surface area is 429 Å². The lowest BCUT2D eigenvalue weighted by atomic mass is 10.0. The van der Waals surface area contributed by atoms with Crippen LogP contribution in [0, 0.1) is 0 Å². The van der Waals surface area contributed by atoms with Gasteiger partial charge in [0.25, 0.3) is 0 Å². The summed E-state index contributed by atoms with van der Waals surface area (Å²) in [5.74, 6) is -0.864. The van der Waals surface area contributed by atoms with E-state index in [1.807, 2.05) is 0 Å². The van der Waals surface area contributed by atoms with E-state index in [9.17, 15) is 14.4 Å². The molecule has 0 rings (SSSR count). The van der Waals surface area contributed by atoms with Gasteiger partial charge in [-0.3, -0.25) is 14.4 Å². The highest BCUT2D eigenvalue weighted by Gasteiger charge is 2.19. The van der Waals surface area contributed by atoms with E-state index in [4.69, 9.17) is 14.2 Å². The topological polar surface area (TPSA) is 78.9 Å². The molecule has 0 amide bonds. The molecule has 0 aliphatic rings. The lowest BCUT2D eigenvalue weighted by molar-refractivity contribution is -0.167. The Morgan fingerprint density at radius 3 is 0.812 bits per heavy atom. The Bertz CT molecular complexity index is 1160. The first-order valence-corrected chi connectivity index (χ1v) is 30.5. The number of carbonyl (C=O) groups is 3. The molecule has 404 valence electrons. The maximum atomic E-state index is 12.9. The summed E-state index contributed by atoms with van der Waals surface area (Å²) in [7, 11) is 0. The van der Waals surface area contributed by atoms with Crippen molar-refractivity contribution >= 4 is 17.9 Å². The molecule has 6 heteroatoms. The van der Waals surface area contributed by atoms with Crippen LogP contribution in [-0.2, 0) is 28.6 Å². The van der Waals surface area contributed by atoms with E-state index in [1.165, 1.54) is 212 Å². The molecule has 0 aliphatic heterocycles. The van der Waals surface area contributed by atoms with E-state index < -0.39 is 6.10 Å². The van der Waals surface area contributed by atoms with Gasteiger partial charge >= 0.3 is 17.9 Å². The van der Waals surface area contributed by atoms with Crippen LogP contribution in [0.15, 0.2) is 36.5 Å². The van der Waals surface area contributed by atoms with Gasteiger partial charge in [-0.05, 0) is 57.8 Å². The molecule has 0 bridgehead atoms. The predicted octanol–water partition coefficient (Wildman–Crippen LogP) is 20.4. The van der Waals surface area contributed by atoms with E-state index in [0.717, 1.165) is 77.0 Å². The fraction of sp³-hybridized carbons (Fsp3) is 0.857. The van der Waals surface area contributed by atoms with Gasteiger partial charge in [-0.15, -0.1) is 0 Å². The third-order valence-electron chi connectivity index (χ3n) is 13.6. The Hall–Kier alpha value is -2.37. The minimum absolute atomic E-state index is 0.0715. The number of hydrogen-bond acceptors (Lipinski definition) is 6. The summed E-state index contributed by atoms with van der Waals surface area (Å²) in [6.07, 6.45) is 70.0. The highest BCUT2D eigenvalue weighted by Crippen LogP contribution is 2.17. The average molecular weight is 970 g/mol. The van der Waals surface area contributed by atoms with Crippen molar-refractivity contribution in [3.05, 3.63) is 36.5 Å². The molecular formula is C63H116O6. The molecule has 69 heavy (non-hydrogen) atoms. The molecule has 0 aromatic carbocycles. The van der Waals surface area contributed by atoms with Crippen LogP contribution < -0.4 is 0 Å². The van der Waals surface area contributed by atoms with Crippen molar-refractivity contribution in [1.29, 1.82) is 0 Å². The van der Waals surface area contributed by atoms with Crippen LogP contribution in [-0.4, -0.2) is 37.2 Å². The van der Waals surface area contributed by atoms with Crippen molar-refractivity contribution in [2.75, 3.05) is 13.2 Å². The quantitative estimate of drug-likeness (QED) is 0.0261.